The minimum absolute atomic E-state index is 0.185. The molecule has 0 aliphatic heterocycles. The van der Waals surface area contributed by atoms with Crippen LogP contribution in [-0.2, 0) is 0 Å². The number of carbonyl (C=O) groups excluding carboxylic acids is 1. The molecule has 1 heterocycles. The van der Waals surface area contributed by atoms with E-state index in [4.69, 9.17) is 26.4 Å². The first-order valence-corrected chi connectivity index (χ1v) is 11.2. The molecule has 0 aliphatic rings. The van der Waals surface area contributed by atoms with E-state index in [2.05, 4.69) is 36.5 Å². The van der Waals surface area contributed by atoms with Crippen LogP contribution in [0.15, 0.2) is 71.5 Å². The van der Waals surface area contributed by atoms with Gasteiger partial charge in [-0.05, 0) is 66.8 Å². The van der Waals surface area contributed by atoms with Gasteiger partial charge in [-0.3, -0.25) is 10.1 Å². The molecule has 1 aromatic heterocycles. The van der Waals surface area contributed by atoms with Crippen LogP contribution in [0.3, 0.4) is 0 Å². The van der Waals surface area contributed by atoms with Crippen LogP contribution in [-0.4, -0.2) is 35.2 Å². The first kappa shape index (κ1) is 23.4. The van der Waals surface area contributed by atoms with Crippen molar-refractivity contribution in [1.82, 2.24) is 15.3 Å². The number of hydrogen-bond donors (Lipinski definition) is 2. The Morgan fingerprint density at radius 3 is 2.29 bits per heavy atom. The molecule has 0 saturated carbocycles. The molecule has 10 heteroatoms. The second-order valence-electron chi connectivity index (χ2n) is 6.94. The first-order chi connectivity index (χ1) is 16.5. The van der Waals surface area contributed by atoms with E-state index in [-0.39, 0.29) is 11.0 Å². The van der Waals surface area contributed by atoms with Gasteiger partial charge in [0.2, 0.25) is 5.88 Å². The maximum Gasteiger partial charge on any atom is 0.257 e. The van der Waals surface area contributed by atoms with Crippen molar-refractivity contribution in [3.63, 3.8) is 0 Å². The average Bonchev–Trinajstić information content (AvgIpc) is 2.84. The van der Waals surface area contributed by atoms with Gasteiger partial charge in [-0.15, -0.1) is 0 Å². The van der Waals surface area contributed by atoms with Gasteiger partial charge in [-0.2, -0.15) is 0 Å². The lowest BCUT2D eigenvalue weighted by atomic mass is 10.2. The van der Waals surface area contributed by atoms with Crippen LogP contribution in [0.1, 0.15) is 10.4 Å². The Balaban J connectivity index is 1.44. The Morgan fingerprint density at radius 2 is 1.62 bits per heavy atom. The summed E-state index contributed by atoms with van der Waals surface area (Å²) in [5.74, 6) is 1.76. The molecule has 0 bridgehead atoms. The fourth-order valence-electron chi connectivity index (χ4n) is 3.10. The molecule has 0 spiro atoms. The van der Waals surface area contributed by atoms with Crippen LogP contribution in [0.4, 0.5) is 5.69 Å². The number of anilines is 1. The van der Waals surface area contributed by atoms with Crippen molar-refractivity contribution in [3.8, 4) is 23.1 Å². The number of carbonyl (C=O) groups is 1. The van der Waals surface area contributed by atoms with Crippen LogP contribution in [0.5, 0.6) is 23.1 Å². The number of benzene rings is 3. The number of amides is 1. The highest BCUT2D eigenvalue weighted by Gasteiger charge is 2.13. The summed E-state index contributed by atoms with van der Waals surface area (Å²) in [6, 6.07) is 17.6. The third-order valence-corrected chi connectivity index (χ3v) is 5.50. The van der Waals surface area contributed by atoms with E-state index in [1.54, 1.807) is 74.9 Å². The fourth-order valence-corrected chi connectivity index (χ4v) is 3.57. The number of nitrogens with zero attached hydrogens (tertiary/aromatic N) is 2. The van der Waals surface area contributed by atoms with Crippen molar-refractivity contribution >= 4 is 55.8 Å². The predicted molar refractivity (Wildman–Crippen MR) is 137 cm³/mol. The first-order valence-electron chi connectivity index (χ1n) is 9.99. The SMILES string of the molecule is COc1cc2ncnc(Oc3ccc(NC(=S)NC(=O)c4ccc(Br)cc4)cc3)c2cc1OC. The maximum absolute atomic E-state index is 12.3. The topological polar surface area (TPSA) is 94.6 Å². The van der Waals surface area contributed by atoms with Crippen molar-refractivity contribution in [2.75, 3.05) is 19.5 Å². The summed E-state index contributed by atoms with van der Waals surface area (Å²) >= 11 is 8.59. The third-order valence-electron chi connectivity index (χ3n) is 4.76. The van der Waals surface area contributed by atoms with Crippen LogP contribution >= 0.6 is 28.1 Å². The number of ether oxygens (including phenoxy) is 3. The molecule has 1 amide bonds. The number of thiocarbonyl (C=S) groups is 1. The maximum atomic E-state index is 12.3. The smallest absolute Gasteiger partial charge is 0.257 e. The van der Waals surface area contributed by atoms with E-state index >= 15 is 0 Å². The normalized spacial score (nSPS) is 10.4. The number of aromatic nitrogens is 2. The van der Waals surface area contributed by atoms with Crippen molar-refractivity contribution < 1.29 is 19.0 Å². The molecular formula is C24H19BrN4O4S. The molecule has 0 atom stereocenters. The fraction of sp³-hybridized carbons (Fsp3) is 0.0833. The van der Waals surface area contributed by atoms with Crippen molar-refractivity contribution in [3.05, 3.63) is 77.0 Å². The molecule has 0 unspecified atom stereocenters. The lowest BCUT2D eigenvalue weighted by Gasteiger charge is -2.12. The molecule has 0 aliphatic carbocycles. The zero-order chi connectivity index (χ0) is 24.1. The number of fused-ring (bicyclic) bond motifs is 1. The monoisotopic (exact) mass is 538 g/mol. The van der Waals surface area contributed by atoms with E-state index in [0.29, 0.717) is 45.3 Å². The van der Waals surface area contributed by atoms with E-state index in [1.165, 1.54) is 6.33 Å². The molecule has 34 heavy (non-hydrogen) atoms. The lowest BCUT2D eigenvalue weighted by molar-refractivity contribution is 0.0977. The Hall–Kier alpha value is -3.76. The number of methoxy groups -OCH3 is 2. The van der Waals surface area contributed by atoms with Gasteiger partial charge in [0, 0.05) is 21.8 Å². The van der Waals surface area contributed by atoms with E-state index in [0.717, 1.165) is 4.47 Å². The molecule has 3 aromatic carbocycles. The lowest BCUT2D eigenvalue weighted by Crippen LogP contribution is -2.34. The van der Waals surface area contributed by atoms with Crippen LogP contribution in [0.25, 0.3) is 10.9 Å². The second kappa shape index (κ2) is 10.4. The Kier molecular flexibility index (Phi) is 7.19. The van der Waals surface area contributed by atoms with Gasteiger partial charge in [0.15, 0.2) is 16.6 Å². The summed E-state index contributed by atoms with van der Waals surface area (Å²) in [6.07, 6.45) is 1.42. The molecule has 8 nitrogen and oxygen atoms in total. The van der Waals surface area contributed by atoms with Crippen LogP contribution < -0.4 is 24.8 Å². The largest absolute Gasteiger partial charge is 0.493 e. The quantitative estimate of drug-likeness (QED) is 0.318. The summed E-state index contributed by atoms with van der Waals surface area (Å²) in [5, 5.41) is 6.50. The van der Waals surface area contributed by atoms with Gasteiger partial charge in [-0.1, -0.05) is 15.9 Å². The molecule has 172 valence electrons. The summed E-state index contributed by atoms with van der Waals surface area (Å²) < 4.78 is 17.6. The van der Waals surface area contributed by atoms with E-state index in [9.17, 15) is 4.79 Å². The Labute approximate surface area is 209 Å². The van der Waals surface area contributed by atoms with Gasteiger partial charge in [0.05, 0.1) is 25.1 Å². The molecule has 4 rings (SSSR count). The van der Waals surface area contributed by atoms with Gasteiger partial charge in [0.25, 0.3) is 5.91 Å². The summed E-state index contributed by atoms with van der Waals surface area (Å²) in [7, 11) is 3.13. The number of nitrogens with one attached hydrogen (secondary N) is 2. The van der Waals surface area contributed by atoms with Gasteiger partial charge < -0.3 is 19.5 Å². The highest BCUT2D eigenvalue weighted by molar-refractivity contribution is 9.10. The Morgan fingerprint density at radius 1 is 0.941 bits per heavy atom. The van der Waals surface area contributed by atoms with Gasteiger partial charge >= 0.3 is 0 Å². The van der Waals surface area contributed by atoms with E-state index < -0.39 is 0 Å². The molecule has 0 saturated heterocycles. The summed E-state index contributed by atoms with van der Waals surface area (Å²) in [5.41, 5.74) is 1.85. The Bertz CT molecular complexity index is 1350. The predicted octanol–water partition coefficient (Wildman–Crippen LogP) is 5.33. The zero-order valence-corrected chi connectivity index (χ0v) is 20.6. The number of rotatable bonds is 6. The van der Waals surface area contributed by atoms with Crippen molar-refractivity contribution in [1.29, 1.82) is 0 Å². The van der Waals surface area contributed by atoms with Crippen LogP contribution in [0.2, 0.25) is 0 Å². The second-order valence-corrected chi connectivity index (χ2v) is 8.27. The van der Waals surface area contributed by atoms with Crippen molar-refractivity contribution in [2.45, 2.75) is 0 Å². The number of hydrogen-bond acceptors (Lipinski definition) is 7. The van der Waals surface area contributed by atoms with E-state index in [1.807, 2.05) is 0 Å². The average molecular weight is 539 g/mol. The molecule has 4 aromatic rings. The van der Waals surface area contributed by atoms with Crippen molar-refractivity contribution in [2.24, 2.45) is 0 Å². The minimum Gasteiger partial charge on any atom is -0.493 e. The molecule has 2 N–H and O–H groups in total. The number of halogens is 1. The highest BCUT2D eigenvalue weighted by Crippen LogP contribution is 2.35. The minimum atomic E-state index is -0.298. The summed E-state index contributed by atoms with van der Waals surface area (Å²) in [4.78, 5) is 20.8. The van der Waals surface area contributed by atoms with Crippen LogP contribution in [0, 0.1) is 0 Å². The molecule has 0 fully saturated rings. The zero-order valence-electron chi connectivity index (χ0n) is 18.2. The molecular weight excluding hydrogens is 520 g/mol. The molecule has 0 radical (unpaired) electrons. The summed E-state index contributed by atoms with van der Waals surface area (Å²) in [6.45, 7) is 0. The third kappa shape index (κ3) is 5.41. The van der Waals surface area contributed by atoms with Gasteiger partial charge in [0.1, 0.15) is 12.1 Å². The van der Waals surface area contributed by atoms with Gasteiger partial charge in [-0.25, -0.2) is 9.97 Å². The highest BCUT2D eigenvalue weighted by atomic mass is 79.9. The standard InChI is InChI=1S/C24H19BrN4O4S/c1-31-20-11-18-19(12-21(20)32-2)26-13-27-23(18)33-17-9-7-16(8-10-17)28-24(34)29-22(30)14-3-5-15(25)6-4-14/h3-13H,1-2H3,(H2,28,29,30,34).